The molecule has 2 aliphatic heterocycles. The van der Waals surface area contributed by atoms with E-state index in [2.05, 4.69) is 43.2 Å². The van der Waals surface area contributed by atoms with Crippen LogP contribution in [0.25, 0.3) is 0 Å². The molecular weight excluding hydrogens is 450 g/mol. The molecule has 0 aromatic carbocycles. The summed E-state index contributed by atoms with van der Waals surface area (Å²) in [6.45, 7) is 16.0. The van der Waals surface area contributed by atoms with Crippen LogP contribution in [0.4, 0.5) is 0 Å². The molecule has 2 atom stereocenters. The van der Waals surface area contributed by atoms with E-state index in [1.807, 2.05) is 11.0 Å². The molecule has 2 fully saturated rings. The van der Waals surface area contributed by atoms with Crippen LogP contribution in [0.5, 0.6) is 0 Å². The van der Waals surface area contributed by atoms with Crippen LogP contribution in [0.15, 0.2) is 36.1 Å². The van der Waals surface area contributed by atoms with Crippen LogP contribution in [0, 0.1) is 11.3 Å². The van der Waals surface area contributed by atoms with Crippen LogP contribution >= 0.6 is 0 Å². The van der Waals surface area contributed by atoms with Gasteiger partial charge in [-0.15, -0.1) is 0 Å². The van der Waals surface area contributed by atoms with Crippen LogP contribution < -0.4 is 5.73 Å². The highest BCUT2D eigenvalue weighted by Crippen LogP contribution is 2.29. The predicted molar refractivity (Wildman–Crippen MR) is 150 cm³/mol. The molecule has 0 aromatic rings. The van der Waals surface area contributed by atoms with Crippen LogP contribution in [0.1, 0.15) is 72.1 Å². The number of amidine groups is 1. The number of likely N-dealkylation sites (tertiary alicyclic amines) is 2. The highest BCUT2D eigenvalue weighted by molar-refractivity contribution is 5.81. The van der Waals surface area contributed by atoms with Crippen LogP contribution in [-0.2, 0) is 9.53 Å². The fraction of sp³-hybridized carbons (Fsp3) is 0.724. The summed E-state index contributed by atoms with van der Waals surface area (Å²) in [5.74, 6) is 2.31. The topological polar surface area (TPSA) is 85.9 Å². The molecule has 0 spiro atoms. The first-order chi connectivity index (χ1) is 17.4. The third-order valence-corrected chi connectivity index (χ3v) is 7.31. The summed E-state index contributed by atoms with van der Waals surface area (Å²) >= 11 is 0. The summed E-state index contributed by atoms with van der Waals surface area (Å²) in [5.41, 5.74) is 6.95. The van der Waals surface area contributed by atoms with E-state index in [1.54, 1.807) is 6.08 Å². The predicted octanol–water partition coefficient (Wildman–Crippen LogP) is 4.56. The summed E-state index contributed by atoms with van der Waals surface area (Å²) in [6.07, 6.45) is 14.2. The second-order valence-electron chi connectivity index (χ2n) is 10.3. The first kappa shape index (κ1) is 30.1. The molecule has 2 saturated heterocycles. The molecule has 7 heteroatoms. The molecule has 204 valence electrons. The minimum Gasteiger partial charge on any atom is -0.493 e. The van der Waals surface area contributed by atoms with Crippen molar-refractivity contribution in [3.8, 4) is 0 Å². The standard InChI is InChI=1S/C29H51N5O2/c1-5-8-16-32(18-15-30)29(35)23-34-21-25(20-26(34)22-33-17-10-12-28(33)31)14-13-24(4)27(11-7-3)36-19-9-6-2/h7,11,13,25-26,31H,3,5-6,8-10,12,14-23,30H2,1-2,4H3/b24-13-,27-11+,31-28?. The molecule has 2 rings (SSSR count). The van der Waals surface area contributed by atoms with Crippen molar-refractivity contribution >= 4 is 11.7 Å². The monoisotopic (exact) mass is 501 g/mol. The summed E-state index contributed by atoms with van der Waals surface area (Å²) in [4.78, 5) is 19.8. The minimum absolute atomic E-state index is 0.184. The number of rotatable bonds is 17. The van der Waals surface area contributed by atoms with Gasteiger partial charge in [0.2, 0.25) is 5.91 Å². The van der Waals surface area contributed by atoms with E-state index in [0.717, 1.165) is 101 Å². The number of amides is 1. The molecule has 1 amide bonds. The van der Waals surface area contributed by atoms with E-state index in [9.17, 15) is 4.79 Å². The van der Waals surface area contributed by atoms with Crippen LogP contribution in [0.3, 0.4) is 0 Å². The van der Waals surface area contributed by atoms with Gasteiger partial charge in [0, 0.05) is 51.7 Å². The number of allylic oxidation sites excluding steroid dienone is 4. The smallest absolute Gasteiger partial charge is 0.236 e. The Balaban J connectivity index is 2.07. The van der Waals surface area contributed by atoms with Gasteiger partial charge in [-0.1, -0.05) is 45.4 Å². The normalized spacial score (nSPS) is 21.3. The molecule has 2 heterocycles. The molecule has 7 nitrogen and oxygen atoms in total. The Morgan fingerprint density at radius 2 is 2.06 bits per heavy atom. The van der Waals surface area contributed by atoms with Crippen molar-refractivity contribution in [1.29, 1.82) is 5.41 Å². The van der Waals surface area contributed by atoms with Gasteiger partial charge >= 0.3 is 0 Å². The van der Waals surface area contributed by atoms with Crippen molar-refractivity contribution in [3.63, 3.8) is 0 Å². The third-order valence-electron chi connectivity index (χ3n) is 7.31. The Morgan fingerprint density at radius 3 is 2.69 bits per heavy atom. The maximum absolute atomic E-state index is 13.2. The average molecular weight is 502 g/mol. The van der Waals surface area contributed by atoms with Gasteiger partial charge < -0.3 is 20.3 Å². The molecule has 36 heavy (non-hydrogen) atoms. The van der Waals surface area contributed by atoms with Crippen molar-refractivity contribution in [2.45, 2.75) is 78.2 Å². The maximum atomic E-state index is 13.2. The zero-order chi connectivity index (χ0) is 26.3. The lowest BCUT2D eigenvalue weighted by molar-refractivity contribution is -0.132. The van der Waals surface area contributed by atoms with Gasteiger partial charge in [0.05, 0.1) is 19.0 Å². The van der Waals surface area contributed by atoms with E-state index in [0.29, 0.717) is 31.6 Å². The fourth-order valence-corrected chi connectivity index (χ4v) is 5.14. The van der Waals surface area contributed by atoms with Crippen molar-refractivity contribution in [2.75, 3.05) is 52.4 Å². The molecule has 2 aliphatic rings. The highest BCUT2D eigenvalue weighted by atomic mass is 16.5. The Hall–Kier alpha value is -2.12. The third kappa shape index (κ3) is 9.74. The summed E-state index contributed by atoms with van der Waals surface area (Å²) in [6, 6.07) is 0.293. The van der Waals surface area contributed by atoms with E-state index in [-0.39, 0.29) is 5.91 Å². The molecule has 0 radical (unpaired) electrons. The fourth-order valence-electron chi connectivity index (χ4n) is 5.14. The van der Waals surface area contributed by atoms with Crippen molar-refractivity contribution in [2.24, 2.45) is 11.7 Å². The SMILES string of the molecule is C=C/C=C(OCCCC)\C(C)=C/CC1CC(CN2CCCC2=N)N(CC(=O)N(CCN)CCCC)C1. The van der Waals surface area contributed by atoms with Gasteiger partial charge in [-0.3, -0.25) is 15.1 Å². The average Bonchev–Trinajstić information content (AvgIpc) is 3.45. The Bertz CT molecular complexity index is 763. The maximum Gasteiger partial charge on any atom is 0.236 e. The lowest BCUT2D eigenvalue weighted by atomic mass is 9.99. The Labute approximate surface area is 219 Å². The first-order valence-corrected chi connectivity index (χ1v) is 14.1. The number of nitrogens with one attached hydrogen (secondary N) is 1. The number of carbonyl (C=O) groups excluding carboxylic acids is 1. The minimum atomic E-state index is 0.184. The summed E-state index contributed by atoms with van der Waals surface area (Å²) in [5, 5.41) is 8.30. The van der Waals surface area contributed by atoms with E-state index in [1.165, 1.54) is 0 Å². The quantitative estimate of drug-likeness (QED) is 0.173. The summed E-state index contributed by atoms with van der Waals surface area (Å²) in [7, 11) is 0. The van der Waals surface area contributed by atoms with E-state index in [4.69, 9.17) is 15.9 Å². The molecule has 2 unspecified atom stereocenters. The first-order valence-electron chi connectivity index (χ1n) is 14.1. The molecule has 0 saturated carbocycles. The number of nitrogens with zero attached hydrogens (tertiary/aromatic N) is 3. The van der Waals surface area contributed by atoms with Gasteiger partial charge in [-0.05, 0) is 56.6 Å². The molecule has 0 aliphatic carbocycles. The largest absolute Gasteiger partial charge is 0.493 e. The number of hydrogen-bond acceptors (Lipinski definition) is 5. The second-order valence-corrected chi connectivity index (χ2v) is 10.3. The number of ether oxygens (including phenoxy) is 1. The van der Waals surface area contributed by atoms with Crippen LogP contribution in [0.2, 0.25) is 0 Å². The number of carbonyl (C=O) groups is 1. The zero-order valence-electron chi connectivity index (χ0n) is 23.1. The van der Waals surface area contributed by atoms with Crippen molar-refractivity contribution in [1.82, 2.24) is 14.7 Å². The highest BCUT2D eigenvalue weighted by Gasteiger charge is 2.35. The molecule has 0 aromatic heterocycles. The molecular formula is C29H51N5O2. The van der Waals surface area contributed by atoms with Crippen molar-refractivity contribution in [3.05, 3.63) is 36.1 Å². The summed E-state index contributed by atoms with van der Waals surface area (Å²) < 4.78 is 6.00. The van der Waals surface area contributed by atoms with Gasteiger partial charge in [0.15, 0.2) is 0 Å². The molecule has 3 N–H and O–H groups in total. The van der Waals surface area contributed by atoms with E-state index < -0.39 is 0 Å². The zero-order valence-corrected chi connectivity index (χ0v) is 23.1. The number of nitrogens with two attached hydrogens (primary N) is 1. The van der Waals surface area contributed by atoms with E-state index >= 15 is 0 Å². The van der Waals surface area contributed by atoms with Crippen molar-refractivity contribution < 1.29 is 9.53 Å². The molecule has 0 bridgehead atoms. The van der Waals surface area contributed by atoms with Crippen LogP contribution in [-0.4, -0.2) is 84.9 Å². The Morgan fingerprint density at radius 1 is 1.28 bits per heavy atom. The van der Waals surface area contributed by atoms with Gasteiger partial charge in [-0.2, -0.15) is 0 Å². The number of hydrogen-bond donors (Lipinski definition) is 2. The lowest BCUT2D eigenvalue weighted by Gasteiger charge is -2.31. The number of unbranched alkanes of at least 4 members (excludes halogenated alkanes) is 2. The Kier molecular flexibility index (Phi) is 13.9. The van der Waals surface area contributed by atoms with Gasteiger partial charge in [-0.25, -0.2) is 0 Å². The van der Waals surface area contributed by atoms with Gasteiger partial charge in [0.25, 0.3) is 0 Å². The van der Waals surface area contributed by atoms with Gasteiger partial charge in [0.1, 0.15) is 5.76 Å². The lowest BCUT2D eigenvalue weighted by Crippen LogP contribution is -2.47. The second kappa shape index (κ2) is 16.6.